The number of likely N-dealkylation sites (tertiary alicyclic amines) is 1. The van der Waals surface area contributed by atoms with Crippen LogP contribution in [-0.2, 0) is 15.0 Å². The molecule has 0 spiro atoms. The van der Waals surface area contributed by atoms with Gasteiger partial charge in [0.25, 0.3) is 5.91 Å². The van der Waals surface area contributed by atoms with E-state index in [1.807, 2.05) is 24.3 Å². The van der Waals surface area contributed by atoms with Crippen LogP contribution in [0.25, 0.3) is 0 Å². The molecule has 2 N–H and O–H groups in total. The van der Waals surface area contributed by atoms with Crippen molar-refractivity contribution in [1.82, 2.24) is 10.2 Å². The highest BCUT2D eigenvalue weighted by Crippen LogP contribution is 2.26. The minimum Gasteiger partial charge on any atom is -0.495 e. The molecular weight excluding hydrogens is 430 g/mol. The average Bonchev–Trinajstić information content (AvgIpc) is 2.83. The molecule has 0 bridgehead atoms. The fourth-order valence-electron chi connectivity index (χ4n) is 4.08. The van der Waals surface area contributed by atoms with Gasteiger partial charge in [0.05, 0.1) is 12.8 Å². The molecule has 0 radical (unpaired) electrons. The first-order valence-electron chi connectivity index (χ1n) is 11.7. The third-order valence-electron chi connectivity index (χ3n) is 6.27. The molecule has 1 aliphatic heterocycles. The third-order valence-corrected chi connectivity index (χ3v) is 6.27. The van der Waals surface area contributed by atoms with E-state index in [1.54, 1.807) is 43.2 Å². The number of para-hydroxylation sites is 2. The number of ether oxygens (including phenoxy) is 1. The maximum absolute atomic E-state index is 12.9. The molecule has 0 saturated carbocycles. The molecule has 0 aliphatic carbocycles. The predicted molar refractivity (Wildman–Crippen MR) is 133 cm³/mol. The average molecular weight is 466 g/mol. The van der Waals surface area contributed by atoms with Gasteiger partial charge in [0.15, 0.2) is 0 Å². The Morgan fingerprint density at radius 1 is 1.00 bits per heavy atom. The van der Waals surface area contributed by atoms with Crippen LogP contribution in [0, 0.1) is 5.92 Å². The molecule has 1 fully saturated rings. The molecule has 3 rings (SSSR count). The highest BCUT2D eigenvalue weighted by Gasteiger charge is 2.30. The van der Waals surface area contributed by atoms with Crippen molar-refractivity contribution in [2.75, 3.05) is 25.5 Å². The van der Waals surface area contributed by atoms with Crippen LogP contribution in [0.4, 0.5) is 5.69 Å². The largest absolute Gasteiger partial charge is 0.495 e. The minimum absolute atomic E-state index is 0.00839. The summed E-state index contributed by atoms with van der Waals surface area (Å²) in [7, 11) is 1.57. The number of hydrogen-bond donors (Lipinski definition) is 2. The second-order valence-electron chi connectivity index (χ2n) is 9.81. The van der Waals surface area contributed by atoms with Crippen LogP contribution in [0.5, 0.6) is 5.75 Å². The Labute approximate surface area is 201 Å². The molecule has 34 heavy (non-hydrogen) atoms. The summed E-state index contributed by atoms with van der Waals surface area (Å²) in [5, 5.41) is 5.74. The lowest BCUT2D eigenvalue weighted by atomic mass is 9.86. The van der Waals surface area contributed by atoms with Crippen molar-refractivity contribution in [1.29, 1.82) is 0 Å². The molecule has 7 nitrogen and oxygen atoms in total. The SMILES string of the molecule is COc1ccccc1NC(=O)C1CCN(C(=O)C(C)NC(=O)c2ccc(C(C)(C)C)cc2)CC1. The lowest BCUT2D eigenvalue weighted by molar-refractivity contribution is -0.135. The number of benzene rings is 2. The summed E-state index contributed by atoms with van der Waals surface area (Å²) in [6, 6.07) is 14.1. The van der Waals surface area contributed by atoms with Crippen LogP contribution >= 0.6 is 0 Å². The number of rotatable bonds is 6. The summed E-state index contributed by atoms with van der Waals surface area (Å²) in [4.78, 5) is 40.0. The van der Waals surface area contributed by atoms with Gasteiger partial charge >= 0.3 is 0 Å². The van der Waals surface area contributed by atoms with Crippen LogP contribution in [-0.4, -0.2) is 48.9 Å². The molecule has 0 aromatic heterocycles. The highest BCUT2D eigenvalue weighted by molar-refractivity contribution is 5.97. The van der Waals surface area contributed by atoms with Crippen molar-refractivity contribution in [3.05, 3.63) is 59.7 Å². The quantitative estimate of drug-likeness (QED) is 0.675. The number of nitrogens with zero attached hydrogens (tertiary/aromatic N) is 1. The number of methoxy groups -OCH3 is 1. The lowest BCUT2D eigenvalue weighted by Gasteiger charge is -2.33. The maximum Gasteiger partial charge on any atom is 0.251 e. The maximum atomic E-state index is 12.9. The predicted octanol–water partition coefficient (Wildman–Crippen LogP) is 3.99. The van der Waals surface area contributed by atoms with E-state index in [9.17, 15) is 14.4 Å². The topological polar surface area (TPSA) is 87.7 Å². The molecule has 1 aliphatic rings. The normalized spacial score (nSPS) is 15.4. The molecule has 1 unspecified atom stereocenters. The van der Waals surface area contributed by atoms with Crippen LogP contribution in [0.2, 0.25) is 0 Å². The molecule has 2 aromatic rings. The second kappa shape index (κ2) is 10.7. The van der Waals surface area contributed by atoms with E-state index in [2.05, 4.69) is 31.4 Å². The van der Waals surface area contributed by atoms with Crippen LogP contribution < -0.4 is 15.4 Å². The van der Waals surface area contributed by atoms with Gasteiger partial charge in [0.1, 0.15) is 11.8 Å². The zero-order chi connectivity index (χ0) is 24.9. The molecule has 1 saturated heterocycles. The molecule has 1 atom stereocenters. The number of piperidine rings is 1. The second-order valence-corrected chi connectivity index (χ2v) is 9.81. The van der Waals surface area contributed by atoms with Crippen molar-refractivity contribution in [2.24, 2.45) is 5.92 Å². The van der Waals surface area contributed by atoms with Crippen LogP contribution in [0.3, 0.4) is 0 Å². The van der Waals surface area contributed by atoms with Gasteiger partial charge in [0.2, 0.25) is 11.8 Å². The van der Waals surface area contributed by atoms with E-state index in [4.69, 9.17) is 4.74 Å². The van der Waals surface area contributed by atoms with Crippen molar-refractivity contribution < 1.29 is 19.1 Å². The Bertz CT molecular complexity index is 1020. The van der Waals surface area contributed by atoms with Gasteiger partial charge in [-0.25, -0.2) is 0 Å². The van der Waals surface area contributed by atoms with Gasteiger partial charge in [-0.3, -0.25) is 14.4 Å². The van der Waals surface area contributed by atoms with Gasteiger partial charge in [0, 0.05) is 24.6 Å². The fraction of sp³-hybridized carbons (Fsp3) is 0.444. The highest BCUT2D eigenvalue weighted by atomic mass is 16.5. The zero-order valence-electron chi connectivity index (χ0n) is 20.7. The minimum atomic E-state index is -0.645. The number of carbonyl (C=O) groups excluding carboxylic acids is 3. The zero-order valence-corrected chi connectivity index (χ0v) is 20.7. The summed E-state index contributed by atoms with van der Waals surface area (Å²) < 4.78 is 5.29. The third kappa shape index (κ3) is 6.16. The lowest BCUT2D eigenvalue weighted by Crippen LogP contribution is -2.50. The Morgan fingerprint density at radius 2 is 1.62 bits per heavy atom. The number of nitrogens with one attached hydrogen (secondary N) is 2. The van der Waals surface area contributed by atoms with Crippen molar-refractivity contribution in [2.45, 2.75) is 52.0 Å². The molecular formula is C27H35N3O4. The van der Waals surface area contributed by atoms with E-state index in [0.29, 0.717) is 42.9 Å². The molecule has 2 aromatic carbocycles. The fourth-order valence-corrected chi connectivity index (χ4v) is 4.08. The summed E-state index contributed by atoms with van der Waals surface area (Å²) in [6.45, 7) is 9.01. The van der Waals surface area contributed by atoms with Crippen molar-refractivity contribution in [3.63, 3.8) is 0 Å². The van der Waals surface area contributed by atoms with E-state index in [0.717, 1.165) is 5.56 Å². The summed E-state index contributed by atoms with van der Waals surface area (Å²) >= 11 is 0. The Balaban J connectivity index is 1.50. The Hall–Kier alpha value is -3.35. The van der Waals surface area contributed by atoms with E-state index >= 15 is 0 Å². The Morgan fingerprint density at radius 3 is 2.21 bits per heavy atom. The molecule has 1 heterocycles. The van der Waals surface area contributed by atoms with Crippen LogP contribution in [0.1, 0.15) is 56.5 Å². The first-order chi connectivity index (χ1) is 16.1. The molecule has 7 heteroatoms. The Kier molecular flexibility index (Phi) is 7.97. The summed E-state index contributed by atoms with van der Waals surface area (Å²) in [5.74, 6) is -0.0476. The van der Waals surface area contributed by atoms with E-state index in [-0.39, 0.29) is 29.1 Å². The smallest absolute Gasteiger partial charge is 0.251 e. The first-order valence-corrected chi connectivity index (χ1v) is 11.7. The van der Waals surface area contributed by atoms with Crippen molar-refractivity contribution in [3.8, 4) is 5.75 Å². The van der Waals surface area contributed by atoms with E-state index in [1.165, 1.54) is 0 Å². The van der Waals surface area contributed by atoms with Gasteiger partial charge < -0.3 is 20.3 Å². The number of carbonyl (C=O) groups is 3. The number of hydrogen-bond acceptors (Lipinski definition) is 4. The summed E-state index contributed by atoms with van der Waals surface area (Å²) in [6.07, 6.45) is 1.14. The van der Waals surface area contributed by atoms with Gasteiger partial charge in [-0.05, 0) is 55.0 Å². The molecule has 182 valence electrons. The van der Waals surface area contributed by atoms with Gasteiger partial charge in [-0.15, -0.1) is 0 Å². The summed E-state index contributed by atoms with van der Waals surface area (Å²) in [5.41, 5.74) is 2.32. The first kappa shape index (κ1) is 25.3. The van der Waals surface area contributed by atoms with Crippen molar-refractivity contribution >= 4 is 23.4 Å². The van der Waals surface area contributed by atoms with Gasteiger partial charge in [-0.1, -0.05) is 45.0 Å². The number of anilines is 1. The van der Waals surface area contributed by atoms with E-state index < -0.39 is 6.04 Å². The standard InChI is InChI=1S/C27H35N3O4/c1-18(28-24(31)19-10-12-21(13-11-19)27(2,3)4)26(33)30-16-14-20(15-17-30)25(32)29-22-8-6-7-9-23(22)34-5/h6-13,18,20H,14-17H2,1-5H3,(H,28,31)(H,29,32). The van der Waals surface area contributed by atoms with Gasteiger partial charge in [-0.2, -0.15) is 0 Å². The molecule has 3 amide bonds. The number of amides is 3. The van der Waals surface area contributed by atoms with Crippen LogP contribution in [0.15, 0.2) is 48.5 Å². The monoisotopic (exact) mass is 465 g/mol.